The second kappa shape index (κ2) is 5.09. The molecule has 0 spiro atoms. The van der Waals surface area contributed by atoms with Gasteiger partial charge in [0.15, 0.2) is 17.2 Å². The second-order valence-corrected chi connectivity index (χ2v) is 4.28. The van der Waals surface area contributed by atoms with Gasteiger partial charge in [-0.3, -0.25) is 0 Å². The van der Waals surface area contributed by atoms with Crippen LogP contribution < -0.4 is 9.47 Å². The standard InChI is InChI=1S/C16H13NO3/c1-19-14-7-4-8-17-16(14)20-15-10-12-6-3-2-5-11(12)9-13(15)18/h2-10,18H,1H3. The van der Waals surface area contributed by atoms with E-state index in [1.807, 2.05) is 24.3 Å². The van der Waals surface area contributed by atoms with E-state index in [0.717, 1.165) is 10.8 Å². The van der Waals surface area contributed by atoms with Crippen LogP contribution in [0, 0.1) is 0 Å². The molecular weight excluding hydrogens is 254 g/mol. The molecule has 0 aliphatic carbocycles. The zero-order valence-corrected chi connectivity index (χ0v) is 10.9. The van der Waals surface area contributed by atoms with Crippen LogP contribution in [0.5, 0.6) is 23.1 Å². The fourth-order valence-corrected chi connectivity index (χ4v) is 2.00. The first-order valence-corrected chi connectivity index (χ1v) is 6.16. The lowest BCUT2D eigenvalue weighted by Crippen LogP contribution is -1.93. The van der Waals surface area contributed by atoms with E-state index >= 15 is 0 Å². The van der Waals surface area contributed by atoms with Crippen LogP contribution in [-0.2, 0) is 0 Å². The third-order valence-corrected chi connectivity index (χ3v) is 2.99. The zero-order chi connectivity index (χ0) is 13.9. The summed E-state index contributed by atoms with van der Waals surface area (Å²) in [5.74, 6) is 1.25. The van der Waals surface area contributed by atoms with Gasteiger partial charge in [0, 0.05) is 6.20 Å². The fourth-order valence-electron chi connectivity index (χ4n) is 2.00. The molecule has 0 radical (unpaired) electrons. The highest BCUT2D eigenvalue weighted by molar-refractivity contribution is 5.86. The molecule has 3 rings (SSSR count). The van der Waals surface area contributed by atoms with Gasteiger partial charge < -0.3 is 14.6 Å². The highest BCUT2D eigenvalue weighted by Crippen LogP contribution is 2.36. The van der Waals surface area contributed by atoms with Gasteiger partial charge in [0.05, 0.1) is 7.11 Å². The van der Waals surface area contributed by atoms with Gasteiger partial charge in [0.2, 0.25) is 0 Å². The van der Waals surface area contributed by atoms with Crippen molar-refractivity contribution in [1.82, 2.24) is 4.98 Å². The molecule has 4 heteroatoms. The Kier molecular flexibility index (Phi) is 3.13. The number of rotatable bonds is 3. The molecule has 0 aliphatic rings. The number of ether oxygens (including phenoxy) is 2. The van der Waals surface area contributed by atoms with Crippen molar-refractivity contribution in [2.75, 3.05) is 7.11 Å². The maximum atomic E-state index is 10.0. The molecule has 0 bridgehead atoms. The maximum absolute atomic E-state index is 10.0. The van der Waals surface area contributed by atoms with E-state index in [1.54, 1.807) is 37.6 Å². The van der Waals surface area contributed by atoms with Crippen LogP contribution in [0.1, 0.15) is 0 Å². The van der Waals surface area contributed by atoms with E-state index in [9.17, 15) is 5.11 Å². The van der Waals surface area contributed by atoms with Gasteiger partial charge in [0.1, 0.15) is 0 Å². The Bertz CT molecular complexity index is 756. The Hall–Kier alpha value is -2.75. The lowest BCUT2D eigenvalue weighted by Gasteiger charge is -2.10. The lowest BCUT2D eigenvalue weighted by atomic mass is 10.1. The van der Waals surface area contributed by atoms with E-state index in [4.69, 9.17) is 9.47 Å². The van der Waals surface area contributed by atoms with Crippen LogP contribution in [0.2, 0.25) is 0 Å². The van der Waals surface area contributed by atoms with Crippen LogP contribution >= 0.6 is 0 Å². The van der Waals surface area contributed by atoms with Gasteiger partial charge in [-0.25, -0.2) is 4.98 Å². The first-order valence-electron chi connectivity index (χ1n) is 6.16. The Labute approximate surface area is 116 Å². The molecule has 1 aromatic heterocycles. The summed E-state index contributed by atoms with van der Waals surface area (Å²) in [6.07, 6.45) is 1.61. The summed E-state index contributed by atoms with van der Waals surface area (Å²) in [6, 6.07) is 14.7. The van der Waals surface area contributed by atoms with Gasteiger partial charge in [-0.2, -0.15) is 0 Å². The van der Waals surface area contributed by atoms with Gasteiger partial charge >= 0.3 is 0 Å². The molecule has 0 unspecified atom stereocenters. The van der Waals surface area contributed by atoms with Crippen molar-refractivity contribution in [3.63, 3.8) is 0 Å². The predicted molar refractivity (Wildman–Crippen MR) is 76.5 cm³/mol. The first kappa shape index (κ1) is 12.3. The molecule has 0 fully saturated rings. The fraction of sp³-hybridized carbons (Fsp3) is 0.0625. The Morgan fingerprint density at radius 3 is 2.45 bits per heavy atom. The topological polar surface area (TPSA) is 51.6 Å². The van der Waals surface area contributed by atoms with E-state index in [1.165, 1.54) is 0 Å². The third kappa shape index (κ3) is 2.23. The predicted octanol–water partition coefficient (Wildman–Crippen LogP) is 3.74. The van der Waals surface area contributed by atoms with Crippen LogP contribution in [0.25, 0.3) is 10.8 Å². The second-order valence-electron chi connectivity index (χ2n) is 4.28. The number of aromatic hydroxyl groups is 1. The summed E-state index contributed by atoms with van der Waals surface area (Å²) < 4.78 is 10.8. The maximum Gasteiger partial charge on any atom is 0.262 e. The number of methoxy groups -OCH3 is 1. The van der Waals surface area contributed by atoms with Crippen molar-refractivity contribution in [2.24, 2.45) is 0 Å². The summed E-state index contributed by atoms with van der Waals surface area (Å²) in [7, 11) is 1.55. The van der Waals surface area contributed by atoms with Crippen LogP contribution in [0.15, 0.2) is 54.7 Å². The minimum Gasteiger partial charge on any atom is -0.504 e. The normalized spacial score (nSPS) is 10.4. The number of phenolic OH excluding ortho intramolecular Hbond substituents is 1. The highest BCUT2D eigenvalue weighted by atomic mass is 16.5. The zero-order valence-electron chi connectivity index (χ0n) is 10.9. The monoisotopic (exact) mass is 267 g/mol. The summed E-state index contributed by atoms with van der Waals surface area (Å²) in [6.45, 7) is 0. The van der Waals surface area contributed by atoms with Crippen molar-refractivity contribution in [3.8, 4) is 23.1 Å². The SMILES string of the molecule is COc1cccnc1Oc1cc2ccccc2cc1O. The molecule has 2 aromatic carbocycles. The van der Waals surface area contributed by atoms with E-state index < -0.39 is 0 Å². The molecule has 4 nitrogen and oxygen atoms in total. The molecule has 100 valence electrons. The molecule has 0 saturated heterocycles. The van der Waals surface area contributed by atoms with Crippen molar-refractivity contribution >= 4 is 10.8 Å². The minimum atomic E-state index is 0.0661. The van der Waals surface area contributed by atoms with Crippen molar-refractivity contribution in [3.05, 3.63) is 54.7 Å². The summed E-state index contributed by atoms with van der Waals surface area (Å²) in [4.78, 5) is 4.11. The van der Waals surface area contributed by atoms with Crippen LogP contribution in [0.3, 0.4) is 0 Å². The molecule has 3 aromatic rings. The molecule has 1 heterocycles. The van der Waals surface area contributed by atoms with Crippen LogP contribution in [-0.4, -0.2) is 17.2 Å². The number of benzene rings is 2. The molecule has 0 amide bonds. The highest BCUT2D eigenvalue weighted by Gasteiger charge is 2.10. The van der Waals surface area contributed by atoms with Crippen molar-refractivity contribution < 1.29 is 14.6 Å². The molecule has 20 heavy (non-hydrogen) atoms. The number of aromatic nitrogens is 1. The Balaban J connectivity index is 2.04. The van der Waals surface area contributed by atoms with Gasteiger partial charge in [-0.1, -0.05) is 24.3 Å². The number of pyridine rings is 1. The van der Waals surface area contributed by atoms with Crippen molar-refractivity contribution in [2.45, 2.75) is 0 Å². The minimum absolute atomic E-state index is 0.0661. The molecular formula is C16H13NO3. The van der Waals surface area contributed by atoms with Gasteiger partial charge in [-0.05, 0) is 35.0 Å². The summed E-state index contributed by atoms with van der Waals surface area (Å²) in [5, 5.41) is 12.0. The molecule has 0 aliphatic heterocycles. The van der Waals surface area contributed by atoms with Gasteiger partial charge in [-0.15, -0.1) is 0 Å². The number of hydrogen-bond acceptors (Lipinski definition) is 4. The van der Waals surface area contributed by atoms with E-state index in [2.05, 4.69) is 4.98 Å². The molecule has 0 atom stereocenters. The molecule has 0 saturated carbocycles. The lowest BCUT2D eigenvalue weighted by molar-refractivity contribution is 0.357. The smallest absolute Gasteiger partial charge is 0.262 e. The number of hydrogen-bond donors (Lipinski definition) is 1. The van der Waals surface area contributed by atoms with Gasteiger partial charge in [0.25, 0.3) is 5.88 Å². The van der Waals surface area contributed by atoms with Crippen LogP contribution in [0.4, 0.5) is 0 Å². The Morgan fingerprint density at radius 1 is 0.950 bits per heavy atom. The van der Waals surface area contributed by atoms with E-state index in [0.29, 0.717) is 17.4 Å². The average Bonchev–Trinajstić information content (AvgIpc) is 2.48. The summed E-state index contributed by atoms with van der Waals surface area (Å²) >= 11 is 0. The first-order chi connectivity index (χ1) is 9.78. The Morgan fingerprint density at radius 2 is 1.70 bits per heavy atom. The summed E-state index contributed by atoms with van der Waals surface area (Å²) in [5.41, 5.74) is 0. The number of nitrogens with zero attached hydrogens (tertiary/aromatic N) is 1. The average molecular weight is 267 g/mol. The largest absolute Gasteiger partial charge is 0.504 e. The third-order valence-electron chi connectivity index (χ3n) is 2.99. The van der Waals surface area contributed by atoms with Crippen molar-refractivity contribution in [1.29, 1.82) is 0 Å². The number of fused-ring (bicyclic) bond motifs is 1. The molecule has 1 N–H and O–H groups in total. The van der Waals surface area contributed by atoms with E-state index in [-0.39, 0.29) is 5.75 Å². The quantitative estimate of drug-likeness (QED) is 0.785. The number of phenols is 1.